The summed E-state index contributed by atoms with van der Waals surface area (Å²) in [6.45, 7) is 7.03. The zero-order chi connectivity index (χ0) is 29.8. The van der Waals surface area contributed by atoms with Gasteiger partial charge in [0, 0.05) is 20.2 Å². The molecule has 1 N–H and O–H groups in total. The van der Waals surface area contributed by atoms with Crippen molar-refractivity contribution in [2.75, 3.05) is 19.9 Å². The van der Waals surface area contributed by atoms with E-state index in [4.69, 9.17) is 13.7 Å². The molecule has 0 fully saturated rings. The smallest absolute Gasteiger partial charge is 0.410 e. The standard InChI is InChI=1S/C26H35FN4O8S/c1-7-30(25(34)38-26(2,3)4)19-13-12-18(37-5)15-31-22(19)29-20(21(24(31)33)39-40(6,35)36)23(32)28-14-16-8-10-17(27)11-9-16/h8-11,18-19H,7,12-15H2,1-6H3,(H,28,32)/t18-,19-/m0/s1. The van der Waals surface area contributed by atoms with Crippen LogP contribution in [-0.4, -0.2) is 66.5 Å². The van der Waals surface area contributed by atoms with Crippen molar-refractivity contribution in [2.24, 2.45) is 0 Å². The van der Waals surface area contributed by atoms with Crippen LogP contribution in [0.25, 0.3) is 0 Å². The summed E-state index contributed by atoms with van der Waals surface area (Å²) >= 11 is 0. The Kier molecular flexibility index (Phi) is 9.56. The fourth-order valence-corrected chi connectivity index (χ4v) is 4.74. The summed E-state index contributed by atoms with van der Waals surface area (Å²) < 4.78 is 54.7. The van der Waals surface area contributed by atoms with E-state index >= 15 is 0 Å². The van der Waals surface area contributed by atoms with E-state index in [0.29, 0.717) is 18.4 Å². The van der Waals surface area contributed by atoms with Gasteiger partial charge in [0.2, 0.25) is 5.75 Å². The fraction of sp³-hybridized carbons (Fsp3) is 0.538. The van der Waals surface area contributed by atoms with E-state index in [0.717, 1.165) is 6.26 Å². The zero-order valence-electron chi connectivity index (χ0n) is 23.4. The van der Waals surface area contributed by atoms with Crippen LogP contribution >= 0.6 is 0 Å². The molecule has 12 nitrogen and oxygen atoms in total. The molecule has 1 aromatic heterocycles. The third-order valence-corrected chi connectivity index (χ3v) is 6.57. The lowest BCUT2D eigenvalue weighted by molar-refractivity contribution is 0.0139. The maximum atomic E-state index is 13.7. The van der Waals surface area contributed by atoms with Gasteiger partial charge >= 0.3 is 16.2 Å². The molecular weight excluding hydrogens is 547 g/mol. The second-order valence-corrected chi connectivity index (χ2v) is 12.0. The maximum absolute atomic E-state index is 13.7. The number of methoxy groups -OCH3 is 1. The van der Waals surface area contributed by atoms with Crippen molar-refractivity contribution in [3.05, 3.63) is 57.5 Å². The van der Waals surface area contributed by atoms with E-state index in [1.807, 2.05) is 0 Å². The van der Waals surface area contributed by atoms with Crippen molar-refractivity contribution in [1.82, 2.24) is 19.8 Å². The number of rotatable bonds is 8. The highest BCUT2D eigenvalue weighted by Crippen LogP contribution is 2.31. The van der Waals surface area contributed by atoms with E-state index in [1.54, 1.807) is 27.7 Å². The highest BCUT2D eigenvalue weighted by molar-refractivity contribution is 7.86. The van der Waals surface area contributed by atoms with Gasteiger partial charge in [-0.05, 0) is 58.2 Å². The zero-order valence-corrected chi connectivity index (χ0v) is 24.2. The molecule has 3 rings (SSSR count). The largest absolute Gasteiger partial charge is 0.444 e. The average molecular weight is 583 g/mol. The highest BCUT2D eigenvalue weighted by atomic mass is 32.2. The van der Waals surface area contributed by atoms with Gasteiger partial charge in [0.1, 0.15) is 17.2 Å². The Bertz CT molecular complexity index is 1400. The fourth-order valence-electron chi connectivity index (χ4n) is 4.29. The Morgan fingerprint density at radius 1 is 1.20 bits per heavy atom. The number of hydrogen-bond acceptors (Lipinski definition) is 9. The molecular formula is C26H35FN4O8S. The molecule has 40 heavy (non-hydrogen) atoms. The lowest BCUT2D eigenvalue weighted by Crippen LogP contribution is -2.42. The molecule has 0 saturated heterocycles. The first kappa shape index (κ1) is 31.0. The Morgan fingerprint density at radius 3 is 2.40 bits per heavy atom. The van der Waals surface area contributed by atoms with Crippen LogP contribution in [0.3, 0.4) is 0 Å². The molecule has 14 heteroatoms. The number of hydrogen-bond donors (Lipinski definition) is 1. The van der Waals surface area contributed by atoms with Crippen LogP contribution in [0, 0.1) is 5.82 Å². The number of aromatic nitrogens is 2. The van der Waals surface area contributed by atoms with Crippen LogP contribution in [0.5, 0.6) is 5.75 Å². The van der Waals surface area contributed by atoms with Crippen molar-refractivity contribution in [3.63, 3.8) is 0 Å². The number of halogens is 1. The minimum atomic E-state index is -4.24. The molecule has 220 valence electrons. The summed E-state index contributed by atoms with van der Waals surface area (Å²) in [5.41, 5.74) is -1.73. The molecule has 0 bridgehead atoms. The van der Waals surface area contributed by atoms with Crippen molar-refractivity contribution >= 4 is 22.1 Å². The average Bonchev–Trinajstić information content (AvgIpc) is 3.03. The van der Waals surface area contributed by atoms with E-state index < -0.39 is 62.7 Å². The van der Waals surface area contributed by atoms with Gasteiger partial charge in [-0.25, -0.2) is 14.2 Å². The molecule has 1 aliphatic rings. The molecule has 2 atom stereocenters. The number of fused-ring (bicyclic) bond motifs is 1. The molecule has 2 heterocycles. The predicted molar refractivity (Wildman–Crippen MR) is 143 cm³/mol. The molecule has 0 radical (unpaired) electrons. The van der Waals surface area contributed by atoms with Gasteiger partial charge in [0.25, 0.3) is 11.5 Å². The SMILES string of the molecule is CCN(C(=O)OC(C)(C)C)[C@H]1CC[C@H](OC)Cn2c1nc(C(=O)NCc1ccc(F)cc1)c(OS(C)(=O)=O)c2=O. The first-order valence-electron chi connectivity index (χ1n) is 12.7. The molecule has 0 saturated carbocycles. The third-order valence-electron chi connectivity index (χ3n) is 6.10. The van der Waals surface area contributed by atoms with Gasteiger partial charge in [0.05, 0.1) is 24.9 Å². The topological polar surface area (TPSA) is 146 Å². The first-order chi connectivity index (χ1) is 18.6. The van der Waals surface area contributed by atoms with Crippen LogP contribution in [-0.2, 0) is 32.7 Å². The van der Waals surface area contributed by atoms with Crippen molar-refractivity contribution in [2.45, 2.75) is 71.4 Å². The Hall–Kier alpha value is -3.52. The van der Waals surface area contributed by atoms with Crippen LogP contribution < -0.4 is 15.1 Å². The number of nitrogens with zero attached hydrogens (tertiary/aromatic N) is 3. The van der Waals surface area contributed by atoms with E-state index in [1.165, 1.54) is 40.8 Å². The first-order valence-corrected chi connectivity index (χ1v) is 14.5. The number of nitrogens with one attached hydrogen (secondary N) is 1. The molecule has 1 aliphatic heterocycles. The van der Waals surface area contributed by atoms with Crippen molar-refractivity contribution in [3.8, 4) is 5.75 Å². The summed E-state index contributed by atoms with van der Waals surface area (Å²) in [5.74, 6) is -2.07. The van der Waals surface area contributed by atoms with Crippen LogP contribution in [0.15, 0.2) is 29.1 Å². The number of carbonyl (C=O) groups is 2. The van der Waals surface area contributed by atoms with E-state index in [9.17, 15) is 27.2 Å². The van der Waals surface area contributed by atoms with E-state index in [-0.39, 0.29) is 25.5 Å². The van der Waals surface area contributed by atoms with Crippen LogP contribution in [0.4, 0.5) is 9.18 Å². The minimum Gasteiger partial charge on any atom is -0.444 e. The lowest BCUT2D eigenvalue weighted by atomic mass is 10.1. The molecule has 0 unspecified atom stereocenters. The summed E-state index contributed by atoms with van der Waals surface area (Å²) in [6, 6.07) is 4.57. The minimum absolute atomic E-state index is 0.0162. The second-order valence-electron chi connectivity index (χ2n) is 10.4. The number of carbonyl (C=O) groups excluding carboxylic acids is 2. The normalized spacial score (nSPS) is 17.4. The number of benzene rings is 1. The lowest BCUT2D eigenvalue weighted by Gasteiger charge is -2.32. The van der Waals surface area contributed by atoms with Crippen LogP contribution in [0.2, 0.25) is 0 Å². The van der Waals surface area contributed by atoms with Crippen molar-refractivity contribution in [1.29, 1.82) is 0 Å². The van der Waals surface area contributed by atoms with E-state index in [2.05, 4.69) is 10.3 Å². The maximum Gasteiger partial charge on any atom is 0.410 e. The van der Waals surface area contributed by atoms with Crippen molar-refractivity contribution < 1.29 is 36.1 Å². The predicted octanol–water partition coefficient (Wildman–Crippen LogP) is 2.76. The van der Waals surface area contributed by atoms with Gasteiger partial charge in [-0.2, -0.15) is 8.42 Å². The molecule has 0 spiro atoms. The van der Waals surface area contributed by atoms with Gasteiger partial charge in [0.15, 0.2) is 5.69 Å². The second kappa shape index (κ2) is 12.3. The molecule has 1 aromatic carbocycles. The quantitative estimate of drug-likeness (QED) is 0.464. The van der Waals surface area contributed by atoms with Gasteiger partial charge < -0.3 is 19.0 Å². The Labute approximate surface area is 232 Å². The van der Waals surface area contributed by atoms with Crippen LogP contribution in [0.1, 0.15) is 68.5 Å². The molecule has 2 amide bonds. The summed E-state index contributed by atoms with van der Waals surface area (Å²) in [7, 11) is -2.77. The molecule has 2 aromatic rings. The number of ether oxygens (including phenoxy) is 2. The monoisotopic (exact) mass is 582 g/mol. The Morgan fingerprint density at radius 2 is 1.85 bits per heavy atom. The third kappa shape index (κ3) is 7.78. The Balaban J connectivity index is 2.15. The summed E-state index contributed by atoms with van der Waals surface area (Å²) in [5, 5.41) is 2.57. The summed E-state index contributed by atoms with van der Waals surface area (Å²) in [6.07, 6.45) is 0.379. The van der Waals surface area contributed by atoms with Gasteiger partial charge in [-0.3, -0.25) is 19.1 Å². The molecule has 0 aliphatic carbocycles. The number of amides is 2. The summed E-state index contributed by atoms with van der Waals surface area (Å²) in [4.78, 5) is 46.0. The van der Waals surface area contributed by atoms with Gasteiger partial charge in [-0.15, -0.1) is 0 Å². The highest BCUT2D eigenvalue weighted by Gasteiger charge is 2.37. The van der Waals surface area contributed by atoms with Gasteiger partial charge in [-0.1, -0.05) is 12.1 Å².